The van der Waals surface area contributed by atoms with Crippen molar-refractivity contribution in [3.05, 3.63) is 11.0 Å². The Morgan fingerprint density at radius 2 is 1.17 bits per heavy atom. The molecular formula is C4N8. The largest absolute Gasteiger partial charge is 0.225 e. The molecular weight excluding hydrogens is 160 g/mol. The van der Waals surface area contributed by atoms with Crippen LogP contribution < -0.4 is 11.0 Å². The summed E-state index contributed by atoms with van der Waals surface area (Å²) in [5.41, 5.74) is 0.731. The molecule has 3 rings (SSSR count). The third kappa shape index (κ3) is 0.557. The fourth-order valence-corrected chi connectivity index (χ4v) is 0.883. The van der Waals surface area contributed by atoms with Gasteiger partial charge in [0.1, 0.15) is 0 Å². The summed E-state index contributed by atoms with van der Waals surface area (Å²) in [7, 11) is 0. The first kappa shape index (κ1) is 5.52. The molecule has 56 valence electrons. The molecule has 8 nitrogen and oxygen atoms in total. The number of hydrogen-bond acceptors (Lipinski definition) is 8. The quantitative estimate of drug-likeness (QED) is 0.522. The molecule has 0 spiro atoms. The lowest BCUT2D eigenvalue weighted by Gasteiger charge is -1.84. The first-order valence-electron chi connectivity index (χ1n) is 3.09. The molecule has 0 bridgehead atoms. The van der Waals surface area contributed by atoms with E-state index in [-0.39, 0.29) is 0 Å². The van der Waals surface area contributed by atoms with Crippen molar-refractivity contribution in [1.82, 2.24) is 9.97 Å². The highest BCUT2D eigenvalue weighted by molar-refractivity contribution is 5.30. The van der Waals surface area contributed by atoms with E-state index in [2.05, 4.69) is 40.8 Å². The Hall–Kier alpha value is -2.12. The average Bonchev–Trinajstić information content (AvgIpc) is 2.64. The molecule has 8 heteroatoms. The Labute approximate surface area is 64.5 Å². The number of nitrogens with zero attached hydrogens (tertiary/aromatic N) is 8. The Bertz CT molecular complexity index is 475. The second-order valence-corrected chi connectivity index (χ2v) is 2.10. The summed E-state index contributed by atoms with van der Waals surface area (Å²) in [4.78, 5) is 7.93. The molecule has 2 aliphatic heterocycles. The van der Waals surface area contributed by atoms with Crippen LogP contribution in [0, 0.1) is 0 Å². The lowest BCUT2D eigenvalue weighted by molar-refractivity contribution is 1.04. The Morgan fingerprint density at radius 1 is 0.667 bits per heavy atom. The predicted octanol–water partition coefficient (Wildman–Crippen LogP) is -0.260. The van der Waals surface area contributed by atoms with Gasteiger partial charge in [-0.05, 0) is 10.4 Å². The van der Waals surface area contributed by atoms with Crippen LogP contribution in [-0.2, 0) is 0 Å². The lowest BCUT2D eigenvalue weighted by Crippen LogP contribution is -2.16. The van der Waals surface area contributed by atoms with E-state index in [0.29, 0.717) is 22.6 Å². The normalized spacial score (nSPS) is 15.3. The zero-order chi connectivity index (χ0) is 7.97. The highest BCUT2D eigenvalue weighted by Crippen LogP contribution is 2.08. The van der Waals surface area contributed by atoms with Crippen molar-refractivity contribution < 1.29 is 0 Å². The van der Waals surface area contributed by atoms with E-state index in [0.717, 1.165) is 0 Å². The van der Waals surface area contributed by atoms with E-state index in [1.54, 1.807) is 0 Å². The smallest absolute Gasteiger partial charge is 0.199 e. The van der Waals surface area contributed by atoms with Gasteiger partial charge in [-0.15, -0.1) is 20.4 Å². The van der Waals surface area contributed by atoms with E-state index in [9.17, 15) is 0 Å². The summed E-state index contributed by atoms with van der Waals surface area (Å²) in [6.45, 7) is 0. The van der Waals surface area contributed by atoms with Gasteiger partial charge in [0.2, 0.25) is 22.6 Å². The second-order valence-electron chi connectivity index (χ2n) is 2.10. The van der Waals surface area contributed by atoms with Gasteiger partial charge in [-0.2, -0.15) is 9.97 Å². The van der Waals surface area contributed by atoms with Crippen LogP contribution >= 0.6 is 0 Å². The number of aromatic nitrogens is 2. The molecule has 1 aromatic rings. The standard InChI is InChI=1S/C4N8/c5-1-2(8-11-7-1)6-4-3(5)9-12-10-4. The number of hydrogen-bond donors (Lipinski definition) is 0. The molecule has 0 unspecified atom stereocenters. The molecule has 0 aromatic carbocycles. The summed E-state index contributed by atoms with van der Waals surface area (Å²) in [6.07, 6.45) is 0. The van der Waals surface area contributed by atoms with Crippen LogP contribution in [0.25, 0.3) is 0 Å². The van der Waals surface area contributed by atoms with Crippen molar-refractivity contribution in [3.63, 3.8) is 0 Å². The first-order chi connectivity index (χ1) is 5.93. The van der Waals surface area contributed by atoms with E-state index in [1.807, 2.05) is 0 Å². The van der Waals surface area contributed by atoms with Gasteiger partial charge in [0.15, 0.2) is 0 Å². The van der Waals surface area contributed by atoms with Crippen LogP contribution in [0.3, 0.4) is 0 Å². The van der Waals surface area contributed by atoms with Crippen molar-refractivity contribution in [2.75, 3.05) is 0 Å². The van der Waals surface area contributed by atoms with Gasteiger partial charge in [0.25, 0.3) is 0 Å². The molecule has 0 saturated heterocycles. The molecule has 0 atom stereocenters. The van der Waals surface area contributed by atoms with E-state index < -0.39 is 0 Å². The summed E-state index contributed by atoms with van der Waals surface area (Å²) >= 11 is 0. The van der Waals surface area contributed by atoms with Crippen LogP contribution in [-0.4, -0.2) is 9.97 Å². The molecule has 0 aliphatic carbocycles. The highest BCUT2D eigenvalue weighted by atomic mass is 15.5. The van der Waals surface area contributed by atoms with Crippen molar-refractivity contribution in [3.8, 4) is 0 Å². The van der Waals surface area contributed by atoms with Crippen LogP contribution in [0.15, 0.2) is 30.9 Å². The lowest BCUT2D eigenvalue weighted by atomic mass is 10.6. The third-order valence-corrected chi connectivity index (χ3v) is 1.38. The monoisotopic (exact) mass is 160 g/mol. The Balaban J connectivity index is 2.50. The van der Waals surface area contributed by atoms with Crippen molar-refractivity contribution in [2.24, 2.45) is 30.9 Å². The van der Waals surface area contributed by atoms with Crippen LogP contribution in [0.1, 0.15) is 0 Å². The molecule has 1 aromatic heterocycles. The van der Waals surface area contributed by atoms with Gasteiger partial charge in [-0.3, -0.25) is 0 Å². The third-order valence-electron chi connectivity index (χ3n) is 1.38. The summed E-state index contributed by atoms with van der Waals surface area (Å²) in [5, 5.41) is 21.3. The fourth-order valence-electron chi connectivity index (χ4n) is 0.883. The minimum atomic E-state index is 0.366. The van der Waals surface area contributed by atoms with E-state index in [4.69, 9.17) is 0 Å². The first-order valence-corrected chi connectivity index (χ1v) is 3.09. The van der Waals surface area contributed by atoms with Crippen molar-refractivity contribution >= 4 is 11.6 Å². The van der Waals surface area contributed by atoms with Gasteiger partial charge in [0, 0.05) is 0 Å². The summed E-state index contributed by atoms with van der Waals surface area (Å²) < 4.78 is 0. The maximum atomic E-state index is 3.96. The Kier molecular flexibility index (Phi) is 0.793. The molecule has 0 radical (unpaired) electrons. The minimum Gasteiger partial charge on any atom is -0.199 e. The van der Waals surface area contributed by atoms with Gasteiger partial charge in [-0.1, -0.05) is 0 Å². The van der Waals surface area contributed by atoms with Crippen LogP contribution in [0.4, 0.5) is 11.6 Å². The van der Waals surface area contributed by atoms with Crippen molar-refractivity contribution in [2.45, 2.75) is 0 Å². The maximum absolute atomic E-state index is 3.96. The molecule has 0 N–H and O–H groups in total. The molecule has 2 aliphatic rings. The fraction of sp³-hybridized carbons (Fsp3) is 0. The average molecular weight is 160 g/mol. The van der Waals surface area contributed by atoms with Gasteiger partial charge >= 0.3 is 0 Å². The predicted molar refractivity (Wildman–Crippen MR) is 33.4 cm³/mol. The van der Waals surface area contributed by atoms with Gasteiger partial charge in [-0.25, -0.2) is 0 Å². The topological polar surface area (TPSA) is 99.9 Å². The minimum absolute atomic E-state index is 0.366. The van der Waals surface area contributed by atoms with E-state index in [1.165, 1.54) is 0 Å². The van der Waals surface area contributed by atoms with Crippen LogP contribution in [0.2, 0.25) is 0 Å². The van der Waals surface area contributed by atoms with E-state index >= 15 is 0 Å². The SMILES string of the molecule is N1=Nc2nc3c(nc2=N1)N=NN=3. The number of rotatable bonds is 0. The maximum Gasteiger partial charge on any atom is 0.225 e. The molecule has 0 saturated carbocycles. The van der Waals surface area contributed by atoms with Gasteiger partial charge in [0.05, 0.1) is 0 Å². The Morgan fingerprint density at radius 3 is 1.67 bits per heavy atom. The highest BCUT2D eigenvalue weighted by Gasteiger charge is 2.11. The summed E-state index contributed by atoms with van der Waals surface area (Å²) in [6, 6.07) is 0. The number of fused-ring (bicyclic) bond motifs is 2. The second kappa shape index (κ2) is 1.72. The molecule has 3 heterocycles. The zero-order valence-corrected chi connectivity index (χ0v) is 5.58. The van der Waals surface area contributed by atoms with Crippen molar-refractivity contribution in [1.29, 1.82) is 0 Å². The summed E-state index contributed by atoms with van der Waals surface area (Å²) in [5.74, 6) is 0.731. The molecule has 12 heavy (non-hydrogen) atoms. The molecule has 0 fully saturated rings. The zero-order valence-electron chi connectivity index (χ0n) is 5.58. The molecule has 0 amide bonds. The van der Waals surface area contributed by atoms with Gasteiger partial charge < -0.3 is 0 Å². The van der Waals surface area contributed by atoms with Crippen LogP contribution in [0.5, 0.6) is 0 Å².